The number of para-hydroxylation sites is 1. The number of carbonyl (C=O) groups is 1. The minimum atomic E-state index is -0.177. The Morgan fingerprint density at radius 3 is 2.68 bits per heavy atom. The molecule has 0 fully saturated rings. The van der Waals surface area contributed by atoms with Crippen LogP contribution in [0.5, 0.6) is 5.75 Å². The van der Waals surface area contributed by atoms with Gasteiger partial charge in [0.15, 0.2) is 6.61 Å². The van der Waals surface area contributed by atoms with E-state index in [4.69, 9.17) is 9.26 Å². The Balaban J connectivity index is 1.79. The zero-order valence-electron chi connectivity index (χ0n) is 11.0. The van der Waals surface area contributed by atoms with E-state index in [1.807, 2.05) is 44.2 Å². The van der Waals surface area contributed by atoms with E-state index >= 15 is 0 Å². The molecule has 0 aliphatic heterocycles. The van der Waals surface area contributed by atoms with E-state index in [-0.39, 0.29) is 12.5 Å². The monoisotopic (exact) mass is 260 g/mol. The molecule has 1 aromatic heterocycles. The van der Waals surface area contributed by atoms with Gasteiger partial charge in [0.05, 0.1) is 5.69 Å². The molecule has 2 rings (SSSR count). The topological polar surface area (TPSA) is 64.4 Å². The van der Waals surface area contributed by atoms with Crippen LogP contribution in [0.1, 0.15) is 17.0 Å². The van der Waals surface area contributed by atoms with E-state index in [0.29, 0.717) is 12.3 Å². The van der Waals surface area contributed by atoms with Gasteiger partial charge in [-0.15, -0.1) is 0 Å². The molecule has 19 heavy (non-hydrogen) atoms. The van der Waals surface area contributed by atoms with Gasteiger partial charge in [-0.05, 0) is 26.0 Å². The summed E-state index contributed by atoms with van der Waals surface area (Å²) < 4.78 is 10.4. The number of amides is 1. The van der Waals surface area contributed by atoms with Gasteiger partial charge in [-0.1, -0.05) is 23.4 Å². The standard InChI is InChI=1S/C14H16N2O3/c1-10-13(11(2)19-16-10)8-15-14(17)9-18-12-6-4-3-5-7-12/h3-7H,8-9H2,1-2H3,(H,15,17). The predicted octanol–water partition coefficient (Wildman–Crippen LogP) is 1.99. The first-order valence-electron chi connectivity index (χ1n) is 6.03. The van der Waals surface area contributed by atoms with E-state index in [9.17, 15) is 4.79 Å². The molecule has 1 heterocycles. The molecule has 1 amide bonds. The van der Waals surface area contributed by atoms with Gasteiger partial charge >= 0.3 is 0 Å². The van der Waals surface area contributed by atoms with Gasteiger partial charge in [-0.3, -0.25) is 4.79 Å². The number of aryl methyl sites for hydroxylation is 2. The van der Waals surface area contributed by atoms with Crippen molar-refractivity contribution < 1.29 is 14.1 Å². The van der Waals surface area contributed by atoms with Crippen LogP contribution in [-0.4, -0.2) is 17.7 Å². The highest BCUT2D eigenvalue weighted by atomic mass is 16.5. The fourth-order valence-corrected chi connectivity index (χ4v) is 1.66. The quantitative estimate of drug-likeness (QED) is 0.892. The predicted molar refractivity (Wildman–Crippen MR) is 69.8 cm³/mol. The number of hydrogen-bond donors (Lipinski definition) is 1. The third-order valence-corrected chi connectivity index (χ3v) is 2.76. The highest BCUT2D eigenvalue weighted by molar-refractivity contribution is 5.77. The molecule has 0 saturated heterocycles. The first kappa shape index (κ1) is 13.1. The van der Waals surface area contributed by atoms with Gasteiger partial charge in [0.1, 0.15) is 11.5 Å². The second-order valence-corrected chi connectivity index (χ2v) is 4.18. The maximum absolute atomic E-state index is 11.6. The van der Waals surface area contributed by atoms with Crippen LogP contribution in [0.2, 0.25) is 0 Å². The smallest absolute Gasteiger partial charge is 0.258 e. The third kappa shape index (κ3) is 3.58. The fourth-order valence-electron chi connectivity index (χ4n) is 1.66. The summed E-state index contributed by atoms with van der Waals surface area (Å²) in [4.78, 5) is 11.6. The molecule has 5 heteroatoms. The molecule has 0 bridgehead atoms. The Labute approximate surface area is 111 Å². The zero-order chi connectivity index (χ0) is 13.7. The first-order chi connectivity index (χ1) is 9.16. The summed E-state index contributed by atoms with van der Waals surface area (Å²) in [5, 5.41) is 6.60. The summed E-state index contributed by atoms with van der Waals surface area (Å²) in [5.41, 5.74) is 1.70. The van der Waals surface area contributed by atoms with E-state index in [0.717, 1.165) is 17.0 Å². The Morgan fingerprint density at radius 2 is 2.05 bits per heavy atom. The maximum Gasteiger partial charge on any atom is 0.258 e. The lowest BCUT2D eigenvalue weighted by Gasteiger charge is -2.07. The number of nitrogens with zero attached hydrogens (tertiary/aromatic N) is 1. The molecule has 0 aliphatic carbocycles. The second-order valence-electron chi connectivity index (χ2n) is 4.18. The average Bonchev–Trinajstić information content (AvgIpc) is 2.75. The van der Waals surface area contributed by atoms with Gasteiger partial charge in [0.25, 0.3) is 5.91 Å². The van der Waals surface area contributed by atoms with Crippen molar-refractivity contribution in [2.75, 3.05) is 6.61 Å². The van der Waals surface area contributed by atoms with Crippen molar-refractivity contribution in [2.45, 2.75) is 20.4 Å². The summed E-state index contributed by atoms with van der Waals surface area (Å²) >= 11 is 0. The van der Waals surface area contributed by atoms with E-state index in [1.54, 1.807) is 0 Å². The van der Waals surface area contributed by atoms with Crippen molar-refractivity contribution in [3.8, 4) is 5.75 Å². The van der Waals surface area contributed by atoms with Gasteiger partial charge in [0, 0.05) is 12.1 Å². The van der Waals surface area contributed by atoms with Crippen molar-refractivity contribution in [1.29, 1.82) is 0 Å². The normalized spacial score (nSPS) is 10.2. The summed E-state index contributed by atoms with van der Waals surface area (Å²) in [6.07, 6.45) is 0. The van der Waals surface area contributed by atoms with Crippen LogP contribution in [0.3, 0.4) is 0 Å². The van der Waals surface area contributed by atoms with Crippen molar-refractivity contribution in [3.05, 3.63) is 47.3 Å². The zero-order valence-corrected chi connectivity index (χ0v) is 11.0. The number of aromatic nitrogens is 1. The van der Waals surface area contributed by atoms with Crippen LogP contribution in [0, 0.1) is 13.8 Å². The van der Waals surface area contributed by atoms with Crippen molar-refractivity contribution in [3.63, 3.8) is 0 Å². The molecule has 0 aliphatic rings. The highest BCUT2D eigenvalue weighted by Crippen LogP contribution is 2.11. The molecule has 0 unspecified atom stereocenters. The van der Waals surface area contributed by atoms with Crippen LogP contribution in [0.15, 0.2) is 34.9 Å². The lowest BCUT2D eigenvalue weighted by Crippen LogP contribution is -2.28. The Bertz CT molecular complexity index is 530. The highest BCUT2D eigenvalue weighted by Gasteiger charge is 2.10. The van der Waals surface area contributed by atoms with Crippen LogP contribution in [0.25, 0.3) is 0 Å². The lowest BCUT2D eigenvalue weighted by atomic mass is 10.2. The van der Waals surface area contributed by atoms with E-state index < -0.39 is 0 Å². The fraction of sp³-hybridized carbons (Fsp3) is 0.286. The maximum atomic E-state index is 11.6. The van der Waals surface area contributed by atoms with Gasteiger partial charge in [0.2, 0.25) is 0 Å². The average molecular weight is 260 g/mol. The van der Waals surface area contributed by atoms with E-state index in [2.05, 4.69) is 10.5 Å². The van der Waals surface area contributed by atoms with E-state index in [1.165, 1.54) is 0 Å². The van der Waals surface area contributed by atoms with Crippen LogP contribution in [-0.2, 0) is 11.3 Å². The minimum absolute atomic E-state index is 0.00656. The third-order valence-electron chi connectivity index (χ3n) is 2.76. The molecule has 5 nitrogen and oxygen atoms in total. The number of hydrogen-bond acceptors (Lipinski definition) is 4. The molecule has 1 aromatic carbocycles. The number of ether oxygens (including phenoxy) is 1. The lowest BCUT2D eigenvalue weighted by molar-refractivity contribution is -0.123. The van der Waals surface area contributed by atoms with Crippen LogP contribution in [0.4, 0.5) is 0 Å². The Kier molecular flexibility index (Phi) is 4.18. The number of carbonyl (C=O) groups excluding carboxylic acids is 1. The molecule has 0 spiro atoms. The summed E-state index contributed by atoms with van der Waals surface area (Å²) in [7, 11) is 0. The van der Waals surface area contributed by atoms with Gasteiger partial charge in [-0.2, -0.15) is 0 Å². The van der Waals surface area contributed by atoms with Gasteiger partial charge in [-0.25, -0.2) is 0 Å². The van der Waals surface area contributed by atoms with Crippen LogP contribution >= 0.6 is 0 Å². The molecule has 100 valence electrons. The van der Waals surface area contributed by atoms with Gasteiger partial charge < -0.3 is 14.6 Å². The Morgan fingerprint density at radius 1 is 1.32 bits per heavy atom. The number of rotatable bonds is 5. The summed E-state index contributed by atoms with van der Waals surface area (Å²) in [5.74, 6) is 1.22. The molecular formula is C14H16N2O3. The summed E-state index contributed by atoms with van der Waals surface area (Å²) in [6, 6.07) is 9.22. The number of benzene rings is 1. The number of nitrogens with one attached hydrogen (secondary N) is 1. The minimum Gasteiger partial charge on any atom is -0.484 e. The molecule has 0 radical (unpaired) electrons. The second kappa shape index (κ2) is 6.04. The van der Waals surface area contributed by atoms with Crippen molar-refractivity contribution >= 4 is 5.91 Å². The Hall–Kier alpha value is -2.30. The molecule has 1 N–H and O–H groups in total. The van der Waals surface area contributed by atoms with Crippen molar-refractivity contribution in [1.82, 2.24) is 10.5 Å². The SMILES string of the molecule is Cc1noc(C)c1CNC(=O)COc1ccccc1. The molecule has 0 saturated carbocycles. The van der Waals surface area contributed by atoms with Crippen molar-refractivity contribution in [2.24, 2.45) is 0 Å². The largest absolute Gasteiger partial charge is 0.484 e. The summed E-state index contributed by atoms with van der Waals surface area (Å²) in [6.45, 7) is 4.06. The molecule has 2 aromatic rings. The molecule has 0 atom stereocenters. The van der Waals surface area contributed by atoms with Crippen LogP contribution < -0.4 is 10.1 Å². The first-order valence-corrected chi connectivity index (χ1v) is 6.03. The molecular weight excluding hydrogens is 244 g/mol.